The lowest BCUT2D eigenvalue weighted by Gasteiger charge is -2.40. The van der Waals surface area contributed by atoms with Crippen LogP contribution in [0, 0.1) is 11.3 Å². The van der Waals surface area contributed by atoms with Crippen LogP contribution in [0.1, 0.15) is 40.5 Å². The summed E-state index contributed by atoms with van der Waals surface area (Å²) in [6, 6.07) is -0.0247. The highest BCUT2D eigenvalue weighted by Gasteiger charge is 2.40. The van der Waals surface area contributed by atoms with Gasteiger partial charge in [-0.2, -0.15) is 0 Å². The number of nitrogens with zero attached hydrogens (tertiary/aromatic N) is 2. The van der Waals surface area contributed by atoms with Crippen LogP contribution in [0.25, 0.3) is 0 Å². The predicted octanol–water partition coefficient (Wildman–Crippen LogP) is 2.27. The first kappa shape index (κ1) is 15.8. The first-order valence-corrected chi connectivity index (χ1v) is 7.07. The molecule has 0 saturated carbocycles. The maximum Gasteiger partial charge on any atom is 0.320 e. The van der Waals surface area contributed by atoms with Crippen molar-refractivity contribution in [1.29, 1.82) is 0 Å². The van der Waals surface area contributed by atoms with E-state index in [1.807, 2.05) is 6.92 Å². The van der Waals surface area contributed by atoms with Gasteiger partial charge in [-0.3, -0.25) is 4.79 Å². The number of amides is 2. The summed E-state index contributed by atoms with van der Waals surface area (Å²) < 4.78 is 0. The number of hydrogen-bond donors (Lipinski definition) is 1. The van der Waals surface area contributed by atoms with Crippen LogP contribution >= 0.6 is 0 Å². The molecule has 19 heavy (non-hydrogen) atoms. The number of carboxylic acids is 1. The van der Waals surface area contributed by atoms with Gasteiger partial charge in [0.15, 0.2) is 0 Å². The molecule has 2 amide bonds. The zero-order valence-electron chi connectivity index (χ0n) is 12.5. The van der Waals surface area contributed by atoms with Gasteiger partial charge in [-0.15, -0.1) is 0 Å². The Bertz CT molecular complexity index is 344. The Morgan fingerprint density at radius 1 is 1.42 bits per heavy atom. The fourth-order valence-corrected chi connectivity index (χ4v) is 2.56. The molecule has 1 fully saturated rings. The van der Waals surface area contributed by atoms with Gasteiger partial charge >= 0.3 is 12.0 Å². The summed E-state index contributed by atoms with van der Waals surface area (Å²) in [6.07, 6.45) is 1.40. The minimum absolute atomic E-state index is 0.0247. The van der Waals surface area contributed by atoms with Gasteiger partial charge in [0, 0.05) is 26.2 Å². The first-order valence-electron chi connectivity index (χ1n) is 7.07. The molecule has 0 spiro atoms. The Morgan fingerprint density at radius 2 is 2.05 bits per heavy atom. The highest BCUT2D eigenvalue weighted by Crippen LogP contribution is 2.30. The largest absolute Gasteiger partial charge is 0.481 e. The Balaban J connectivity index is 2.73. The zero-order valence-corrected chi connectivity index (χ0v) is 12.5. The molecule has 1 unspecified atom stereocenters. The fraction of sp³-hybridized carbons (Fsp3) is 0.857. The molecule has 1 saturated heterocycles. The molecule has 0 radical (unpaired) electrons. The summed E-state index contributed by atoms with van der Waals surface area (Å²) in [5, 5.41) is 9.29. The third-order valence-corrected chi connectivity index (χ3v) is 3.72. The van der Waals surface area contributed by atoms with Crippen molar-refractivity contribution in [1.82, 2.24) is 9.80 Å². The summed E-state index contributed by atoms with van der Waals surface area (Å²) in [7, 11) is 0. The molecule has 1 atom stereocenters. The topological polar surface area (TPSA) is 60.9 Å². The van der Waals surface area contributed by atoms with E-state index in [-0.39, 0.29) is 6.03 Å². The lowest BCUT2D eigenvalue weighted by Crippen LogP contribution is -2.53. The smallest absolute Gasteiger partial charge is 0.320 e. The average molecular weight is 270 g/mol. The molecule has 1 rings (SSSR count). The van der Waals surface area contributed by atoms with E-state index in [2.05, 4.69) is 13.8 Å². The lowest BCUT2D eigenvalue weighted by atomic mass is 9.82. The van der Waals surface area contributed by atoms with Crippen molar-refractivity contribution in [2.24, 2.45) is 11.3 Å². The summed E-state index contributed by atoms with van der Waals surface area (Å²) in [6.45, 7) is 10.2. The van der Waals surface area contributed by atoms with Gasteiger partial charge in [0.1, 0.15) is 0 Å². The minimum Gasteiger partial charge on any atom is -0.481 e. The Morgan fingerprint density at radius 3 is 2.53 bits per heavy atom. The molecule has 0 aliphatic carbocycles. The van der Waals surface area contributed by atoms with Crippen LogP contribution < -0.4 is 0 Å². The van der Waals surface area contributed by atoms with E-state index in [1.54, 1.807) is 16.7 Å². The SMILES string of the molecule is CCN(CC(C)C)C(=O)N1CCCC(C)(C(=O)O)C1. The second-order valence-electron chi connectivity index (χ2n) is 6.11. The number of hydrogen-bond acceptors (Lipinski definition) is 2. The maximum absolute atomic E-state index is 12.4. The van der Waals surface area contributed by atoms with E-state index in [1.165, 1.54) is 0 Å². The van der Waals surface area contributed by atoms with Crippen LogP contribution in [0.5, 0.6) is 0 Å². The third-order valence-electron chi connectivity index (χ3n) is 3.72. The van der Waals surface area contributed by atoms with Crippen molar-refractivity contribution < 1.29 is 14.7 Å². The summed E-state index contributed by atoms with van der Waals surface area (Å²) >= 11 is 0. The molecule has 0 aromatic heterocycles. The van der Waals surface area contributed by atoms with Gasteiger partial charge in [0.05, 0.1) is 5.41 Å². The van der Waals surface area contributed by atoms with Crippen LogP contribution in [-0.4, -0.2) is 53.1 Å². The zero-order chi connectivity index (χ0) is 14.6. The Kier molecular flexibility index (Phi) is 5.20. The van der Waals surface area contributed by atoms with Gasteiger partial charge < -0.3 is 14.9 Å². The monoisotopic (exact) mass is 270 g/mol. The maximum atomic E-state index is 12.4. The molecule has 1 heterocycles. The first-order chi connectivity index (χ1) is 8.80. The van der Waals surface area contributed by atoms with Crippen molar-refractivity contribution in [3.63, 3.8) is 0 Å². The van der Waals surface area contributed by atoms with Gasteiger partial charge in [-0.1, -0.05) is 13.8 Å². The van der Waals surface area contributed by atoms with Crippen molar-refractivity contribution in [3.8, 4) is 0 Å². The Labute approximate surface area is 115 Å². The van der Waals surface area contributed by atoms with E-state index < -0.39 is 11.4 Å². The van der Waals surface area contributed by atoms with E-state index in [9.17, 15) is 14.7 Å². The van der Waals surface area contributed by atoms with E-state index in [0.717, 1.165) is 13.0 Å². The van der Waals surface area contributed by atoms with Crippen molar-refractivity contribution >= 4 is 12.0 Å². The van der Waals surface area contributed by atoms with Gasteiger partial charge in [-0.05, 0) is 32.6 Å². The number of piperidine rings is 1. The summed E-state index contributed by atoms with van der Waals surface area (Å²) in [5.74, 6) is -0.392. The van der Waals surface area contributed by atoms with Crippen molar-refractivity contribution in [3.05, 3.63) is 0 Å². The number of likely N-dealkylation sites (tertiary alicyclic amines) is 1. The molecule has 110 valence electrons. The van der Waals surface area contributed by atoms with Gasteiger partial charge in [-0.25, -0.2) is 4.79 Å². The average Bonchev–Trinajstić information content (AvgIpc) is 2.34. The number of aliphatic carboxylic acids is 1. The summed E-state index contributed by atoms with van der Waals surface area (Å²) in [5.41, 5.74) is -0.800. The van der Waals surface area contributed by atoms with Gasteiger partial charge in [0.25, 0.3) is 0 Å². The molecule has 0 aromatic carbocycles. The fourth-order valence-electron chi connectivity index (χ4n) is 2.56. The van der Waals surface area contributed by atoms with Gasteiger partial charge in [0.2, 0.25) is 0 Å². The highest BCUT2D eigenvalue weighted by molar-refractivity contribution is 5.78. The number of carbonyl (C=O) groups is 2. The molecule has 1 aliphatic heterocycles. The quantitative estimate of drug-likeness (QED) is 0.852. The predicted molar refractivity (Wildman–Crippen MR) is 74.0 cm³/mol. The lowest BCUT2D eigenvalue weighted by molar-refractivity contribution is -0.150. The number of carboxylic acid groups (broad SMARTS) is 1. The van der Waals surface area contributed by atoms with Crippen molar-refractivity contribution in [2.75, 3.05) is 26.2 Å². The van der Waals surface area contributed by atoms with E-state index in [4.69, 9.17) is 0 Å². The van der Waals surface area contributed by atoms with Crippen LogP contribution in [-0.2, 0) is 4.79 Å². The number of urea groups is 1. The summed E-state index contributed by atoms with van der Waals surface area (Å²) in [4.78, 5) is 27.2. The Hall–Kier alpha value is -1.26. The van der Waals surface area contributed by atoms with Crippen LogP contribution in [0.15, 0.2) is 0 Å². The van der Waals surface area contributed by atoms with Crippen LogP contribution in [0.2, 0.25) is 0 Å². The standard InChI is InChI=1S/C14H26N2O3/c1-5-15(9-11(2)3)13(19)16-8-6-7-14(4,10-16)12(17)18/h11H,5-10H2,1-4H3,(H,17,18). The second kappa shape index (κ2) is 6.26. The normalized spacial score (nSPS) is 23.5. The van der Waals surface area contributed by atoms with Crippen LogP contribution in [0.4, 0.5) is 4.79 Å². The van der Waals surface area contributed by atoms with Crippen LogP contribution in [0.3, 0.4) is 0 Å². The molecular formula is C14H26N2O3. The van der Waals surface area contributed by atoms with E-state index in [0.29, 0.717) is 32.0 Å². The molecule has 0 bridgehead atoms. The molecule has 1 aliphatic rings. The number of rotatable bonds is 4. The van der Waals surface area contributed by atoms with E-state index >= 15 is 0 Å². The number of carbonyl (C=O) groups excluding carboxylic acids is 1. The molecule has 1 N–H and O–H groups in total. The molecule has 0 aromatic rings. The molecular weight excluding hydrogens is 244 g/mol. The third kappa shape index (κ3) is 3.85. The molecule has 5 heteroatoms. The van der Waals surface area contributed by atoms with Crippen molar-refractivity contribution in [2.45, 2.75) is 40.5 Å². The second-order valence-corrected chi connectivity index (χ2v) is 6.11. The molecule has 5 nitrogen and oxygen atoms in total. The minimum atomic E-state index is -0.808. The highest BCUT2D eigenvalue weighted by atomic mass is 16.4.